The molecule has 0 aliphatic heterocycles. The quantitative estimate of drug-likeness (QED) is 0.577. The van der Waals surface area contributed by atoms with Crippen LogP contribution in [-0.2, 0) is 9.53 Å². The molecule has 2 rings (SSSR count). The van der Waals surface area contributed by atoms with Gasteiger partial charge in [-0.2, -0.15) is 0 Å². The Morgan fingerprint density at radius 2 is 1.60 bits per heavy atom. The SMILES string of the molecule is CC(=O)Oc1ccc(O)cc1.CCOC(=O)c1c(C)cc(O)cc1O. The minimum atomic E-state index is -0.581. The summed E-state index contributed by atoms with van der Waals surface area (Å²) in [6.45, 7) is 4.88. The van der Waals surface area contributed by atoms with E-state index < -0.39 is 5.97 Å². The monoisotopic (exact) mass is 348 g/mol. The van der Waals surface area contributed by atoms with E-state index in [2.05, 4.69) is 0 Å². The summed E-state index contributed by atoms with van der Waals surface area (Å²) in [5.74, 6) is -0.691. The maximum absolute atomic E-state index is 11.3. The number of hydrogen-bond acceptors (Lipinski definition) is 7. The summed E-state index contributed by atoms with van der Waals surface area (Å²) in [5, 5.41) is 27.4. The van der Waals surface area contributed by atoms with E-state index in [-0.39, 0.29) is 35.4 Å². The summed E-state index contributed by atoms with van der Waals surface area (Å²) in [5.41, 5.74) is 0.589. The normalized spacial score (nSPS) is 9.56. The van der Waals surface area contributed by atoms with E-state index >= 15 is 0 Å². The van der Waals surface area contributed by atoms with Crippen LogP contribution in [0.5, 0.6) is 23.0 Å². The third kappa shape index (κ3) is 6.42. The summed E-state index contributed by atoms with van der Waals surface area (Å²) in [6.07, 6.45) is 0. The van der Waals surface area contributed by atoms with Gasteiger partial charge in [0.05, 0.1) is 6.61 Å². The molecule has 7 nitrogen and oxygen atoms in total. The number of esters is 2. The van der Waals surface area contributed by atoms with Gasteiger partial charge in [0, 0.05) is 13.0 Å². The van der Waals surface area contributed by atoms with Crippen molar-refractivity contribution < 1.29 is 34.4 Å². The largest absolute Gasteiger partial charge is 0.508 e. The molecular weight excluding hydrogens is 328 g/mol. The van der Waals surface area contributed by atoms with Gasteiger partial charge in [0.2, 0.25) is 0 Å². The van der Waals surface area contributed by atoms with Gasteiger partial charge < -0.3 is 24.8 Å². The lowest BCUT2D eigenvalue weighted by molar-refractivity contribution is -0.131. The van der Waals surface area contributed by atoms with Gasteiger partial charge in [-0.15, -0.1) is 0 Å². The van der Waals surface area contributed by atoms with Gasteiger partial charge in [0.1, 0.15) is 28.6 Å². The van der Waals surface area contributed by atoms with Crippen molar-refractivity contribution in [2.24, 2.45) is 0 Å². The molecule has 0 spiro atoms. The van der Waals surface area contributed by atoms with Gasteiger partial charge in [0.25, 0.3) is 0 Å². The van der Waals surface area contributed by atoms with Gasteiger partial charge >= 0.3 is 11.9 Å². The molecule has 0 fully saturated rings. The van der Waals surface area contributed by atoms with Crippen LogP contribution in [0.3, 0.4) is 0 Å². The summed E-state index contributed by atoms with van der Waals surface area (Å²) < 4.78 is 9.47. The first-order valence-corrected chi connectivity index (χ1v) is 7.41. The predicted molar refractivity (Wildman–Crippen MR) is 89.9 cm³/mol. The zero-order chi connectivity index (χ0) is 19.0. The van der Waals surface area contributed by atoms with Gasteiger partial charge in [-0.25, -0.2) is 4.79 Å². The summed E-state index contributed by atoms with van der Waals surface area (Å²) in [4.78, 5) is 21.7. The number of carbonyl (C=O) groups is 2. The van der Waals surface area contributed by atoms with Crippen LogP contribution in [0.25, 0.3) is 0 Å². The van der Waals surface area contributed by atoms with Crippen LogP contribution in [0.15, 0.2) is 36.4 Å². The molecule has 0 atom stereocenters. The second-order valence-electron chi connectivity index (χ2n) is 4.96. The fraction of sp³-hybridized carbons (Fsp3) is 0.222. The van der Waals surface area contributed by atoms with Gasteiger partial charge in [0.15, 0.2) is 0 Å². The Bertz CT molecular complexity index is 713. The van der Waals surface area contributed by atoms with Crippen molar-refractivity contribution in [2.75, 3.05) is 6.61 Å². The number of aromatic hydroxyl groups is 3. The van der Waals surface area contributed by atoms with Crippen LogP contribution in [0.4, 0.5) is 0 Å². The molecule has 7 heteroatoms. The van der Waals surface area contributed by atoms with Crippen LogP contribution in [-0.4, -0.2) is 33.9 Å². The van der Waals surface area contributed by atoms with Gasteiger partial charge in [-0.3, -0.25) is 4.79 Å². The number of aryl methyl sites for hydroxylation is 1. The van der Waals surface area contributed by atoms with E-state index in [0.29, 0.717) is 11.3 Å². The smallest absolute Gasteiger partial charge is 0.342 e. The highest BCUT2D eigenvalue weighted by molar-refractivity contribution is 5.94. The van der Waals surface area contributed by atoms with Crippen molar-refractivity contribution in [1.29, 1.82) is 0 Å². The third-order valence-electron chi connectivity index (χ3n) is 2.88. The van der Waals surface area contributed by atoms with Gasteiger partial charge in [-0.05, 0) is 49.7 Å². The number of phenolic OH excluding ortho intramolecular Hbond substituents is 3. The Labute approximate surface area is 145 Å². The van der Waals surface area contributed by atoms with Crippen molar-refractivity contribution in [3.8, 4) is 23.0 Å². The molecule has 2 aromatic rings. The Hall–Kier alpha value is -3.22. The van der Waals surface area contributed by atoms with E-state index in [0.717, 1.165) is 6.07 Å². The molecule has 134 valence electrons. The average molecular weight is 348 g/mol. The minimum absolute atomic E-state index is 0.0759. The highest BCUT2D eigenvalue weighted by Gasteiger charge is 2.16. The van der Waals surface area contributed by atoms with E-state index in [9.17, 15) is 14.7 Å². The molecular formula is C18H20O7. The molecule has 0 saturated heterocycles. The Kier molecular flexibility index (Phi) is 7.27. The summed E-state index contributed by atoms with van der Waals surface area (Å²) in [6, 6.07) is 8.47. The first kappa shape index (κ1) is 19.8. The predicted octanol–water partition coefficient (Wildman–Crippen LogP) is 2.90. The number of hydrogen-bond donors (Lipinski definition) is 3. The van der Waals surface area contributed by atoms with Crippen molar-refractivity contribution in [3.05, 3.63) is 47.5 Å². The zero-order valence-corrected chi connectivity index (χ0v) is 14.1. The first-order chi connectivity index (χ1) is 11.7. The highest BCUT2D eigenvalue weighted by Crippen LogP contribution is 2.27. The van der Waals surface area contributed by atoms with Crippen molar-refractivity contribution in [3.63, 3.8) is 0 Å². The number of ether oxygens (including phenoxy) is 2. The van der Waals surface area contributed by atoms with E-state index in [1.807, 2.05) is 0 Å². The average Bonchev–Trinajstić information content (AvgIpc) is 2.49. The molecule has 2 aromatic carbocycles. The lowest BCUT2D eigenvalue weighted by Crippen LogP contribution is -2.06. The molecule has 0 radical (unpaired) electrons. The van der Waals surface area contributed by atoms with Gasteiger partial charge in [-0.1, -0.05) is 0 Å². The van der Waals surface area contributed by atoms with E-state index in [1.54, 1.807) is 13.8 Å². The highest BCUT2D eigenvalue weighted by atomic mass is 16.5. The molecule has 0 amide bonds. The second kappa shape index (κ2) is 9.17. The lowest BCUT2D eigenvalue weighted by Gasteiger charge is -2.07. The molecule has 0 aliphatic rings. The van der Waals surface area contributed by atoms with Crippen LogP contribution in [0.1, 0.15) is 29.8 Å². The number of benzene rings is 2. The molecule has 0 aromatic heterocycles. The Balaban J connectivity index is 0.000000257. The Morgan fingerprint density at radius 1 is 1.00 bits per heavy atom. The standard InChI is InChI=1S/C10H12O4.C8H8O3/c1-3-14-10(13)9-6(2)4-7(11)5-8(9)12;1-6(9)11-8-4-2-7(10)3-5-8/h4-5,11-12H,3H2,1-2H3;2-5,10H,1H3. The molecule has 0 saturated carbocycles. The molecule has 0 heterocycles. The van der Waals surface area contributed by atoms with Crippen LogP contribution < -0.4 is 4.74 Å². The summed E-state index contributed by atoms with van der Waals surface area (Å²) >= 11 is 0. The number of rotatable bonds is 3. The number of phenols is 3. The van der Waals surface area contributed by atoms with E-state index in [1.165, 1.54) is 37.3 Å². The topological polar surface area (TPSA) is 113 Å². The van der Waals surface area contributed by atoms with Crippen LogP contribution >= 0.6 is 0 Å². The summed E-state index contributed by atoms with van der Waals surface area (Å²) in [7, 11) is 0. The molecule has 0 bridgehead atoms. The minimum Gasteiger partial charge on any atom is -0.508 e. The molecule has 0 aliphatic carbocycles. The first-order valence-electron chi connectivity index (χ1n) is 7.41. The third-order valence-corrected chi connectivity index (χ3v) is 2.88. The van der Waals surface area contributed by atoms with Crippen molar-refractivity contribution in [2.45, 2.75) is 20.8 Å². The Morgan fingerprint density at radius 3 is 2.08 bits per heavy atom. The fourth-order valence-corrected chi connectivity index (χ4v) is 1.90. The van der Waals surface area contributed by atoms with Crippen LogP contribution in [0.2, 0.25) is 0 Å². The maximum Gasteiger partial charge on any atom is 0.342 e. The zero-order valence-electron chi connectivity index (χ0n) is 14.1. The number of carbonyl (C=O) groups excluding carboxylic acids is 2. The molecule has 0 unspecified atom stereocenters. The molecule has 25 heavy (non-hydrogen) atoms. The van der Waals surface area contributed by atoms with E-state index in [4.69, 9.17) is 19.7 Å². The lowest BCUT2D eigenvalue weighted by atomic mass is 10.1. The van der Waals surface area contributed by atoms with Crippen LogP contribution in [0, 0.1) is 6.92 Å². The maximum atomic E-state index is 11.3. The van der Waals surface area contributed by atoms with Crippen molar-refractivity contribution in [1.82, 2.24) is 0 Å². The second-order valence-corrected chi connectivity index (χ2v) is 4.96. The van der Waals surface area contributed by atoms with Crippen molar-refractivity contribution >= 4 is 11.9 Å². The fourth-order valence-electron chi connectivity index (χ4n) is 1.90. The molecule has 3 N–H and O–H groups in total.